The van der Waals surface area contributed by atoms with Crippen molar-refractivity contribution in [1.82, 2.24) is 0 Å². The van der Waals surface area contributed by atoms with Gasteiger partial charge in [-0.1, -0.05) is 0 Å². The summed E-state index contributed by atoms with van der Waals surface area (Å²) in [5.74, 6) is -0.384. The first-order valence-corrected chi connectivity index (χ1v) is 5.17. The maximum atomic E-state index is 11.9. The van der Waals surface area contributed by atoms with E-state index in [1.54, 1.807) is 0 Å². The van der Waals surface area contributed by atoms with Crippen LogP contribution in [0.5, 0.6) is 5.75 Å². The highest BCUT2D eigenvalue weighted by molar-refractivity contribution is 14.1. The molecule has 1 aromatic rings. The van der Waals surface area contributed by atoms with Crippen LogP contribution >= 0.6 is 38.5 Å². The molecule has 1 aromatic carbocycles. The third-order valence-electron chi connectivity index (χ3n) is 1.28. The van der Waals surface area contributed by atoms with Crippen LogP contribution in [0.2, 0.25) is 0 Å². The van der Waals surface area contributed by atoms with Crippen LogP contribution in [0, 0.1) is 3.57 Å². The Kier molecular flexibility index (Phi) is 3.51. The average molecular weight is 382 g/mol. The zero-order valence-corrected chi connectivity index (χ0v) is 10.3. The van der Waals surface area contributed by atoms with Crippen LogP contribution in [-0.4, -0.2) is 6.36 Å². The fourth-order valence-corrected chi connectivity index (χ4v) is 1.56. The minimum Gasteiger partial charge on any atom is -0.404 e. The molecule has 0 amide bonds. The number of nitrogen functional groups attached to an aromatic ring is 1. The molecule has 0 fully saturated rings. The molecule has 2 N–H and O–H groups in total. The Hall–Kier alpha value is -0.180. The average Bonchev–Trinajstić information content (AvgIpc) is 1.97. The molecule has 0 atom stereocenters. The Morgan fingerprint density at radius 1 is 1.36 bits per heavy atom. The summed E-state index contributed by atoms with van der Waals surface area (Å²) in [7, 11) is 0. The van der Waals surface area contributed by atoms with E-state index in [0.717, 1.165) is 0 Å². The first-order chi connectivity index (χ1) is 6.29. The van der Waals surface area contributed by atoms with Gasteiger partial charge in [-0.15, -0.1) is 13.2 Å². The summed E-state index contributed by atoms with van der Waals surface area (Å²) in [4.78, 5) is 0. The summed E-state index contributed by atoms with van der Waals surface area (Å²) >= 11 is 5.00. The van der Waals surface area contributed by atoms with Crippen molar-refractivity contribution in [1.29, 1.82) is 0 Å². The number of hydrogen-bond acceptors (Lipinski definition) is 2. The number of nitrogens with two attached hydrogens (primary N) is 1. The van der Waals surface area contributed by atoms with Gasteiger partial charge >= 0.3 is 6.36 Å². The van der Waals surface area contributed by atoms with E-state index in [2.05, 4.69) is 20.7 Å². The maximum absolute atomic E-state index is 11.9. The van der Waals surface area contributed by atoms with Gasteiger partial charge in [0.15, 0.2) is 5.75 Å². The molecule has 0 unspecified atom stereocenters. The lowest BCUT2D eigenvalue weighted by molar-refractivity contribution is -0.274. The molecule has 1 rings (SSSR count). The van der Waals surface area contributed by atoms with Crippen molar-refractivity contribution in [3.63, 3.8) is 0 Å². The zero-order valence-electron chi connectivity index (χ0n) is 6.53. The topological polar surface area (TPSA) is 35.2 Å². The molecule has 0 saturated carbocycles. The highest BCUT2D eigenvalue weighted by atomic mass is 127. The molecule has 78 valence electrons. The number of alkyl halides is 3. The number of ether oxygens (including phenoxy) is 1. The van der Waals surface area contributed by atoms with Crippen molar-refractivity contribution in [2.24, 2.45) is 0 Å². The van der Waals surface area contributed by atoms with E-state index in [1.165, 1.54) is 12.1 Å². The molecule has 14 heavy (non-hydrogen) atoms. The molecular weight excluding hydrogens is 378 g/mol. The van der Waals surface area contributed by atoms with E-state index in [0.29, 0.717) is 8.04 Å². The van der Waals surface area contributed by atoms with Crippen molar-refractivity contribution in [2.75, 3.05) is 5.73 Å². The minimum atomic E-state index is -4.72. The Morgan fingerprint density at radius 2 is 1.93 bits per heavy atom. The van der Waals surface area contributed by atoms with Gasteiger partial charge < -0.3 is 10.5 Å². The Labute approximate surface area is 99.9 Å². The van der Waals surface area contributed by atoms with Gasteiger partial charge in [0.25, 0.3) is 0 Å². The van der Waals surface area contributed by atoms with Crippen molar-refractivity contribution in [3.8, 4) is 5.75 Å². The SMILES string of the molecule is Nc1cc(Br)c(I)cc1OC(F)(F)F. The number of benzene rings is 1. The van der Waals surface area contributed by atoms with Gasteiger partial charge in [0.1, 0.15) is 0 Å². The lowest BCUT2D eigenvalue weighted by Gasteiger charge is -2.11. The van der Waals surface area contributed by atoms with E-state index in [9.17, 15) is 13.2 Å². The number of anilines is 1. The van der Waals surface area contributed by atoms with Crippen LogP contribution in [0.15, 0.2) is 16.6 Å². The highest BCUT2D eigenvalue weighted by Crippen LogP contribution is 2.33. The first kappa shape index (κ1) is 11.9. The second-order valence-electron chi connectivity index (χ2n) is 2.35. The zero-order chi connectivity index (χ0) is 10.9. The van der Waals surface area contributed by atoms with Gasteiger partial charge in [0.2, 0.25) is 0 Å². The van der Waals surface area contributed by atoms with Crippen molar-refractivity contribution in [2.45, 2.75) is 6.36 Å². The Balaban J connectivity index is 3.04. The van der Waals surface area contributed by atoms with Crippen LogP contribution in [-0.2, 0) is 0 Å². The van der Waals surface area contributed by atoms with E-state index < -0.39 is 6.36 Å². The van der Waals surface area contributed by atoms with E-state index in [4.69, 9.17) is 5.73 Å². The van der Waals surface area contributed by atoms with Crippen LogP contribution in [0.4, 0.5) is 18.9 Å². The van der Waals surface area contributed by atoms with Crippen LogP contribution in [0.25, 0.3) is 0 Å². The third kappa shape index (κ3) is 3.19. The van der Waals surface area contributed by atoms with Gasteiger partial charge in [0.05, 0.1) is 5.69 Å². The van der Waals surface area contributed by atoms with E-state index >= 15 is 0 Å². The molecule has 2 nitrogen and oxygen atoms in total. The van der Waals surface area contributed by atoms with Crippen LogP contribution in [0.1, 0.15) is 0 Å². The summed E-state index contributed by atoms with van der Waals surface area (Å²) in [5, 5.41) is 0. The second kappa shape index (κ2) is 4.13. The van der Waals surface area contributed by atoms with E-state index in [-0.39, 0.29) is 11.4 Å². The summed E-state index contributed by atoms with van der Waals surface area (Å²) < 4.78 is 40.5. The molecule has 0 aliphatic rings. The quantitative estimate of drug-likeness (QED) is 0.596. The standard InChI is InChI=1S/C7H4BrF3INO/c8-3-1-5(13)6(2-4(3)12)14-7(9,10)11/h1-2H,13H2. The number of halogens is 5. The maximum Gasteiger partial charge on any atom is 0.573 e. The fraction of sp³-hybridized carbons (Fsp3) is 0.143. The molecule has 0 aliphatic carbocycles. The van der Waals surface area contributed by atoms with Crippen molar-refractivity contribution >= 4 is 44.2 Å². The first-order valence-electron chi connectivity index (χ1n) is 3.30. The van der Waals surface area contributed by atoms with Crippen LogP contribution in [0.3, 0.4) is 0 Å². The normalized spacial score (nSPS) is 11.5. The van der Waals surface area contributed by atoms with E-state index in [1.807, 2.05) is 22.6 Å². The molecule has 0 aliphatic heterocycles. The molecule has 0 aromatic heterocycles. The van der Waals surface area contributed by atoms with Gasteiger partial charge in [-0.3, -0.25) is 0 Å². The van der Waals surface area contributed by atoms with Gasteiger partial charge in [-0.05, 0) is 50.7 Å². The van der Waals surface area contributed by atoms with Gasteiger partial charge in [0, 0.05) is 8.04 Å². The van der Waals surface area contributed by atoms with Gasteiger partial charge in [-0.2, -0.15) is 0 Å². The molecule has 0 bridgehead atoms. The molecule has 0 spiro atoms. The van der Waals surface area contributed by atoms with Gasteiger partial charge in [-0.25, -0.2) is 0 Å². The number of rotatable bonds is 1. The van der Waals surface area contributed by atoms with Crippen LogP contribution < -0.4 is 10.5 Å². The molecule has 0 saturated heterocycles. The lowest BCUT2D eigenvalue weighted by Crippen LogP contribution is -2.18. The Bertz CT molecular complexity index is 356. The lowest BCUT2D eigenvalue weighted by atomic mass is 10.3. The summed E-state index contributed by atoms with van der Waals surface area (Å²) in [6.45, 7) is 0. The Morgan fingerprint density at radius 3 is 2.43 bits per heavy atom. The summed E-state index contributed by atoms with van der Waals surface area (Å²) in [6, 6.07) is 2.58. The molecule has 0 radical (unpaired) electrons. The monoisotopic (exact) mass is 381 g/mol. The number of hydrogen-bond donors (Lipinski definition) is 1. The smallest absolute Gasteiger partial charge is 0.404 e. The fourth-order valence-electron chi connectivity index (χ4n) is 0.757. The largest absolute Gasteiger partial charge is 0.573 e. The molecule has 0 heterocycles. The van der Waals surface area contributed by atoms with Crippen molar-refractivity contribution < 1.29 is 17.9 Å². The third-order valence-corrected chi connectivity index (χ3v) is 3.57. The minimum absolute atomic E-state index is 0.0605. The van der Waals surface area contributed by atoms with Crippen molar-refractivity contribution in [3.05, 3.63) is 20.2 Å². The predicted octanol–water partition coefficient (Wildman–Crippen LogP) is 3.53. The predicted molar refractivity (Wildman–Crippen MR) is 58.0 cm³/mol. The molecule has 7 heteroatoms. The molecular formula is C7H4BrF3INO. The summed E-state index contributed by atoms with van der Waals surface area (Å²) in [5.41, 5.74) is 5.28. The highest BCUT2D eigenvalue weighted by Gasteiger charge is 2.32. The second-order valence-corrected chi connectivity index (χ2v) is 4.37. The summed E-state index contributed by atoms with van der Waals surface area (Å²) in [6.07, 6.45) is -4.72.